The van der Waals surface area contributed by atoms with Crippen LogP contribution in [0.3, 0.4) is 0 Å². The zero-order valence-corrected chi connectivity index (χ0v) is 18.9. The SMILES string of the molecule is CC1=C[C](C)([Ti]([SiH](C)C)[C]2(C)C=C(C)C(C)=C2C)C(C)=C1C. The monoisotopic (exact) mass is 349 g/mol. The predicted octanol–water partition coefficient (Wildman–Crippen LogP) is 6.54. The summed E-state index contributed by atoms with van der Waals surface area (Å²) < 4.78 is 0.762. The van der Waals surface area contributed by atoms with E-state index in [2.05, 4.69) is 80.6 Å². The van der Waals surface area contributed by atoms with Crippen molar-refractivity contribution in [1.82, 2.24) is 0 Å². The molecule has 0 aromatic heterocycles. The van der Waals surface area contributed by atoms with Crippen LogP contribution in [0.4, 0.5) is 0 Å². The van der Waals surface area contributed by atoms with Gasteiger partial charge in [-0.2, -0.15) is 0 Å². The summed E-state index contributed by atoms with van der Waals surface area (Å²) in [7, 11) is 0. The summed E-state index contributed by atoms with van der Waals surface area (Å²) >= 11 is -1.39. The molecule has 0 bridgehead atoms. The molecule has 0 saturated carbocycles. The van der Waals surface area contributed by atoms with Crippen LogP contribution >= 0.6 is 0 Å². The van der Waals surface area contributed by atoms with Crippen molar-refractivity contribution >= 4 is 6.66 Å². The molecule has 0 nitrogen and oxygen atoms in total. The van der Waals surface area contributed by atoms with E-state index in [-0.39, 0.29) is 0 Å². The van der Waals surface area contributed by atoms with Crippen molar-refractivity contribution in [3.63, 3.8) is 0 Å². The Morgan fingerprint density at radius 1 is 0.727 bits per heavy atom. The molecule has 0 aliphatic heterocycles. The van der Waals surface area contributed by atoms with Gasteiger partial charge in [-0.25, -0.2) is 0 Å². The third-order valence-electron chi connectivity index (χ3n) is 6.57. The molecule has 0 fully saturated rings. The molecular formula is C20H33SiTi. The molecule has 0 spiro atoms. The summed E-state index contributed by atoms with van der Waals surface area (Å²) in [6.45, 7) is 23.8. The second-order valence-electron chi connectivity index (χ2n) is 8.13. The summed E-state index contributed by atoms with van der Waals surface area (Å²) in [6, 6.07) is 0. The van der Waals surface area contributed by atoms with Crippen LogP contribution in [-0.4, -0.2) is 6.66 Å². The molecule has 22 heavy (non-hydrogen) atoms. The van der Waals surface area contributed by atoms with Crippen LogP contribution in [0.2, 0.25) is 20.5 Å². The summed E-state index contributed by atoms with van der Waals surface area (Å²) in [6.07, 6.45) is 5.30. The molecule has 2 rings (SSSR count). The van der Waals surface area contributed by atoms with E-state index in [9.17, 15) is 0 Å². The van der Waals surface area contributed by atoms with E-state index in [1.165, 1.54) is 11.1 Å². The molecule has 0 amide bonds. The molecule has 2 unspecified atom stereocenters. The Balaban J connectivity index is 2.65. The third kappa shape index (κ3) is 2.44. The molecule has 0 saturated heterocycles. The van der Waals surface area contributed by atoms with Crippen molar-refractivity contribution in [1.29, 1.82) is 0 Å². The minimum absolute atomic E-state index is 0.381. The fraction of sp³-hybridized carbons (Fsp3) is 0.600. The van der Waals surface area contributed by atoms with Crippen LogP contribution in [0.15, 0.2) is 45.6 Å². The Kier molecular flexibility index (Phi) is 4.77. The van der Waals surface area contributed by atoms with Gasteiger partial charge in [0, 0.05) is 0 Å². The maximum absolute atomic E-state index is 2.65. The molecule has 2 aliphatic carbocycles. The normalized spacial score (nSPS) is 32.1. The average Bonchev–Trinajstić information content (AvgIpc) is 2.71. The standard InChI is InChI=1S/2C9H13.C2H7Si.Ti/c2*1-6-5-7(2)9(4)8(6)3;1-3-2;/h2*5H,1-4H3;3H,1-2H3;. The van der Waals surface area contributed by atoms with Crippen LogP contribution in [0.25, 0.3) is 0 Å². The minimum atomic E-state index is -1.39. The molecule has 2 heteroatoms. The first-order chi connectivity index (χ1) is 9.96. The second kappa shape index (κ2) is 5.76. The van der Waals surface area contributed by atoms with Gasteiger partial charge in [-0.1, -0.05) is 0 Å². The van der Waals surface area contributed by atoms with Gasteiger partial charge in [0.05, 0.1) is 0 Å². The van der Waals surface area contributed by atoms with Crippen LogP contribution < -0.4 is 0 Å². The first-order valence-electron chi connectivity index (χ1n) is 8.60. The van der Waals surface area contributed by atoms with E-state index in [0.717, 1.165) is 0 Å². The molecule has 121 valence electrons. The van der Waals surface area contributed by atoms with Gasteiger partial charge in [-0.05, 0) is 0 Å². The van der Waals surface area contributed by atoms with Crippen molar-refractivity contribution in [2.45, 2.75) is 75.9 Å². The second-order valence-corrected chi connectivity index (χ2v) is 22.8. The summed E-state index contributed by atoms with van der Waals surface area (Å²) in [4.78, 5) is 0. The predicted molar refractivity (Wildman–Crippen MR) is 99.9 cm³/mol. The van der Waals surface area contributed by atoms with Gasteiger partial charge in [0.2, 0.25) is 0 Å². The van der Waals surface area contributed by atoms with Crippen molar-refractivity contribution in [3.8, 4) is 0 Å². The van der Waals surface area contributed by atoms with E-state index < -0.39 is 23.8 Å². The first kappa shape index (κ1) is 18.2. The number of hydrogen-bond acceptors (Lipinski definition) is 0. The number of allylic oxidation sites excluding steroid dienone is 8. The quantitative estimate of drug-likeness (QED) is 0.508. The van der Waals surface area contributed by atoms with E-state index in [0.29, 0.717) is 7.44 Å². The average molecular weight is 349 g/mol. The van der Waals surface area contributed by atoms with E-state index in [1.807, 2.05) is 0 Å². The van der Waals surface area contributed by atoms with Gasteiger partial charge in [0.25, 0.3) is 0 Å². The van der Waals surface area contributed by atoms with Crippen molar-refractivity contribution in [2.75, 3.05) is 0 Å². The van der Waals surface area contributed by atoms with Crippen LogP contribution in [0, 0.1) is 0 Å². The summed E-state index contributed by atoms with van der Waals surface area (Å²) in [5.74, 6) is 0. The summed E-state index contributed by atoms with van der Waals surface area (Å²) in [5, 5.41) is 0. The van der Waals surface area contributed by atoms with E-state index in [4.69, 9.17) is 0 Å². The summed E-state index contributed by atoms with van der Waals surface area (Å²) in [5.41, 5.74) is 9.52. The molecule has 2 atom stereocenters. The van der Waals surface area contributed by atoms with Crippen LogP contribution in [0.1, 0.15) is 55.4 Å². The van der Waals surface area contributed by atoms with Crippen molar-refractivity contribution < 1.29 is 17.1 Å². The van der Waals surface area contributed by atoms with Gasteiger partial charge in [0.1, 0.15) is 0 Å². The Hall–Kier alpha value is -0.109. The van der Waals surface area contributed by atoms with Gasteiger partial charge >= 0.3 is 145 Å². The van der Waals surface area contributed by atoms with Gasteiger partial charge in [-0.15, -0.1) is 0 Å². The zero-order valence-electron chi connectivity index (χ0n) is 16.2. The molecule has 0 radical (unpaired) electrons. The molecule has 2 aliphatic rings. The Bertz CT molecular complexity index is 580. The Morgan fingerprint density at radius 2 is 1.05 bits per heavy atom. The first-order valence-corrected chi connectivity index (χ1v) is 15.8. The van der Waals surface area contributed by atoms with Crippen LogP contribution in [-0.2, 0) is 17.1 Å². The fourth-order valence-electron chi connectivity index (χ4n) is 4.97. The number of hydrogen-bond donors (Lipinski definition) is 0. The molecular weight excluding hydrogens is 316 g/mol. The molecule has 0 heterocycles. The fourth-order valence-corrected chi connectivity index (χ4v) is 25.8. The van der Waals surface area contributed by atoms with Crippen molar-refractivity contribution in [3.05, 3.63) is 45.6 Å². The third-order valence-corrected chi connectivity index (χ3v) is 23.2. The van der Waals surface area contributed by atoms with Gasteiger partial charge in [-0.3, -0.25) is 0 Å². The zero-order chi connectivity index (χ0) is 17.0. The molecule has 0 aromatic rings. The van der Waals surface area contributed by atoms with E-state index >= 15 is 0 Å². The number of rotatable bonds is 3. The van der Waals surface area contributed by atoms with Gasteiger partial charge in [0.15, 0.2) is 0 Å². The molecule has 0 aromatic carbocycles. The van der Waals surface area contributed by atoms with E-state index in [1.54, 1.807) is 22.3 Å². The Labute approximate surface area is 145 Å². The van der Waals surface area contributed by atoms with Gasteiger partial charge < -0.3 is 0 Å². The molecule has 0 N–H and O–H groups in total. The Morgan fingerprint density at radius 3 is 1.23 bits per heavy atom. The van der Waals surface area contributed by atoms with Crippen LogP contribution in [0.5, 0.6) is 0 Å². The topological polar surface area (TPSA) is 0 Å². The maximum atomic E-state index is 2.65. The van der Waals surface area contributed by atoms with Crippen molar-refractivity contribution in [2.24, 2.45) is 0 Å².